The summed E-state index contributed by atoms with van der Waals surface area (Å²) >= 11 is 4.05. The first-order valence-corrected chi connectivity index (χ1v) is 22.8. The van der Waals surface area contributed by atoms with Gasteiger partial charge in [-0.25, -0.2) is 0 Å². The standard InChI is InChI=1S/C62H43BrN2/c63-50-41-53(64(51-33-29-46(30-34-51)44-17-5-1-6-18-44)61-39-37-55(48-21-9-3-10-22-48)57-25-13-15-27-59(57)61)43-54(42-50)65(52-35-31-47(32-36-52)45-19-7-2-8-20-45)62-40-38-56(49-23-11-4-12-24-49)58-26-14-16-28-60(58)62/h1-43H. The Morgan fingerprint density at radius 1 is 0.231 bits per heavy atom. The summed E-state index contributed by atoms with van der Waals surface area (Å²) in [5, 5.41) is 4.72. The number of benzene rings is 11. The van der Waals surface area contributed by atoms with Gasteiger partial charge in [-0.15, -0.1) is 0 Å². The molecule has 0 radical (unpaired) electrons. The molecule has 0 aliphatic heterocycles. The second-order valence-electron chi connectivity index (χ2n) is 16.3. The van der Waals surface area contributed by atoms with Crippen LogP contribution in [0.25, 0.3) is 66.1 Å². The maximum atomic E-state index is 4.05. The van der Waals surface area contributed by atoms with E-state index in [2.05, 4.69) is 287 Å². The molecule has 0 spiro atoms. The zero-order valence-corrected chi connectivity index (χ0v) is 37.2. The number of nitrogens with zero attached hydrogens (tertiary/aromatic N) is 2. The van der Waals surface area contributed by atoms with Crippen LogP contribution in [0.15, 0.2) is 265 Å². The molecule has 3 heteroatoms. The minimum Gasteiger partial charge on any atom is -0.310 e. The fourth-order valence-corrected chi connectivity index (χ4v) is 9.70. The summed E-state index contributed by atoms with van der Waals surface area (Å²) in [5.41, 5.74) is 15.9. The number of rotatable bonds is 10. The van der Waals surface area contributed by atoms with E-state index in [9.17, 15) is 0 Å². The van der Waals surface area contributed by atoms with Crippen LogP contribution < -0.4 is 9.80 Å². The van der Waals surface area contributed by atoms with E-state index in [0.717, 1.165) is 38.6 Å². The normalized spacial score (nSPS) is 11.2. The van der Waals surface area contributed by atoms with Crippen LogP contribution in [0.2, 0.25) is 0 Å². The highest BCUT2D eigenvalue weighted by atomic mass is 79.9. The number of anilines is 6. The van der Waals surface area contributed by atoms with Crippen LogP contribution in [0, 0.1) is 0 Å². The lowest BCUT2D eigenvalue weighted by atomic mass is 9.96. The lowest BCUT2D eigenvalue weighted by Crippen LogP contribution is -2.14. The van der Waals surface area contributed by atoms with Crippen molar-refractivity contribution in [3.05, 3.63) is 265 Å². The molecule has 308 valence electrons. The fraction of sp³-hybridized carbons (Fsp3) is 0. The molecule has 0 aliphatic rings. The molecule has 0 atom stereocenters. The highest BCUT2D eigenvalue weighted by Crippen LogP contribution is 2.48. The molecular formula is C62H43BrN2. The Morgan fingerprint density at radius 2 is 0.538 bits per heavy atom. The van der Waals surface area contributed by atoms with Gasteiger partial charge in [0.15, 0.2) is 0 Å². The van der Waals surface area contributed by atoms with Crippen LogP contribution in [0.4, 0.5) is 34.1 Å². The third kappa shape index (κ3) is 7.88. The molecule has 0 bridgehead atoms. The third-order valence-electron chi connectivity index (χ3n) is 12.3. The van der Waals surface area contributed by atoms with Crippen molar-refractivity contribution >= 4 is 71.6 Å². The smallest absolute Gasteiger partial charge is 0.0540 e. The molecule has 2 nitrogen and oxygen atoms in total. The third-order valence-corrected chi connectivity index (χ3v) is 12.8. The lowest BCUT2D eigenvalue weighted by molar-refractivity contribution is 1.26. The van der Waals surface area contributed by atoms with E-state index in [1.807, 2.05) is 0 Å². The summed E-state index contributed by atoms with van der Waals surface area (Å²) in [7, 11) is 0. The van der Waals surface area contributed by atoms with Crippen molar-refractivity contribution in [2.75, 3.05) is 9.80 Å². The molecular weight excluding hydrogens is 853 g/mol. The van der Waals surface area contributed by atoms with Gasteiger partial charge in [-0.1, -0.05) is 222 Å². The highest BCUT2D eigenvalue weighted by molar-refractivity contribution is 9.10. The van der Waals surface area contributed by atoms with Crippen molar-refractivity contribution < 1.29 is 0 Å². The van der Waals surface area contributed by atoms with Gasteiger partial charge in [0, 0.05) is 38.0 Å². The summed E-state index contributed by atoms with van der Waals surface area (Å²) < 4.78 is 0.970. The topological polar surface area (TPSA) is 6.48 Å². The minimum atomic E-state index is 0.970. The van der Waals surface area contributed by atoms with Crippen molar-refractivity contribution in [1.29, 1.82) is 0 Å². The molecule has 0 heterocycles. The predicted octanol–water partition coefficient (Wildman–Crippen LogP) is 18.4. The molecule has 0 amide bonds. The van der Waals surface area contributed by atoms with Crippen molar-refractivity contribution in [1.82, 2.24) is 0 Å². The molecule has 0 unspecified atom stereocenters. The maximum Gasteiger partial charge on any atom is 0.0540 e. The molecule has 65 heavy (non-hydrogen) atoms. The van der Waals surface area contributed by atoms with Gasteiger partial charge >= 0.3 is 0 Å². The quantitative estimate of drug-likeness (QED) is 0.135. The zero-order chi connectivity index (χ0) is 43.5. The van der Waals surface area contributed by atoms with Gasteiger partial charge in [-0.3, -0.25) is 0 Å². The first-order valence-electron chi connectivity index (χ1n) is 22.0. The van der Waals surface area contributed by atoms with Crippen LogP contribution in [0.3, 0.4) is 0 Å². The van der Waals surface area contributed by atoms with E-state index in [4.69, 9.17) is 0 Å². The summed E-state index contributed by atoms with van der Waals surface area (Å²) in [4.78, 5) is 4.82. The first-order chi connectivity index (χ1) is 32.2. The predicted molar refractivity (Wildman–Crippen MR) is 280 cm³/mol. The SMILES string of the molecule is Brc1cc(N(c2ccc(-c3ccccc3)cc2)c2ccc(-c3ccccc3)c3ccccc23)cc(N(c2ccc(-c3ccccc3)cc2)c2ccc(-c3ccccc3)c3ccccc23)c1. The maximum absolute atomic E-state index is 4.05. The number of halogens is 1. The van der Waals surface area contributed by atoms with E-state index in [-0.39, 0.29) is 0 Å². The minimum absolute atomic E-state index is 0.970. The van der Waals surface area contributed by atoms with Crippen molar-refractivity contribution in [2.45, 2.75) is 0 Å². The summed E-state index contributed by atoms with van der Waals surface area (Å²) in [6.07, 6.45) is 0. The second kappa shape index (κ2) is 17.7. The first kappa shape index (κ1) is 39.8. The molecule has 0 saturated heterocycles. The van der Waals surface area contributed by atoms with E-state index < -0.39 is 0 Å². The fourth-order valence-electron chi connectivity index (χ4n) is 9.23. The van der Waals surface area contributed by atoms with Gasteiger partial charge in [0.1, 0.15) is 0 Å². The Labute approximate surface area is 389 Å². The number of hydrogen-bond donors (Lipinski definition) is 0. The van der Waals surface area contributed by atoms with Crippen LogP contribution in [0.1, 0.15) is 0 Å². The molecule has 0 fully saturated rings. The van der Waals surface area contributed by atoms with Gasteiger partial charge in [0.25, 0.3) is 0 Å². The van der Waals surface area contributed by atoms with Gasteiger partial charge in [0.2, 0.25) is 0 Å². The Hall–Kier alpha value is -7.98. The van der Waals surface area contributed by atoms with Crippen LogP contribution in [-0.2, 0) is 0 Å². The van der Waals surface area contributed by atoms with Crippen LogP contribution >= 0.6 is 15.9 Å². The molecule has 11 rings (SSSR count). The molecule has 0 aliphatic carbocycles. The molecule has 11 aromatic rings. The Balaban J connectivity index is 1.13. The van der Waals surface area contributed by atoms with Crippen LogP contribution in [0.5, 0.6) is 0 Å². The van der Waals surface area contributed by atoms with Gasteiger partial charge in [-0.05, 0) is 110 Å². The van der Waals surface area contributed by atoms with Gasteiger partial charge in [0.05, 0.1) is 11.4 Å². The van der Waals surface area contributed by atoms with Crippen molar-refractivity contribution in [2.24, 2.45) is 0 Å². The lowest BCUT2D eigenvalue weighted by Gasteiger charge is -2.31. The van der Waals surface area contributed by atoms with Crippen molar-refractivity contribution in [3.8, 4) is 44.5 Å². The number of hydrogen-bond acceptors (Lipinski definition) is 2. The molecule has 0 N–H and O–H groups in total. The molecule has 11 aromatic carbocycles. The summed E-state index contributed by atoms with van der Waals surface area (Å²) in [5.74, 6) is 0. The Bertz CT molecular complexity index is 3180. The monoisotopic (exact) mass is 894 g/mol. The highest BCUT2D eigenvalue weighted by Gasteiger charge is 2.23. The average molecular weight is 896 g/mol. The average Bonchev–Trinajstić information content (AvgIpc) is 3.38. The van der Waals surface area contributed by atoms with Gasteiger partial charge in [-0.2, -0.15) is 0 Å². The number of fused-ring (bicyclic) bond motifs is 2. The summed E-state index contributed by atoms with van der Waals surface area (Å²) in [6, 6.07) is 94.0. The summed E-state index contributed by atoms with van der Waals surface area (Å²) in [6.45, 7) is 0. The van der Waals surface area contributed by atoms with Crippen LogP contribution in [-0.4, -0.2) is 0 Å². The van der Waals surface area contributed by atoms with Gasteiger partial charge < -0.3 is 9.80 Å². The Morgan fingerprint density at radius 3 is 0.908 bits per heavy atom. The van der Waals surface area contributed by atoms with E-state index >= 15 is 0 Å². The van der Waals surface area contributed by atoms with E-state index in [1.165, 1.54) is 66.1 Å². The molecule has 0 aromatic heterocycles. The second-order valence-corrected chi connectivity index (χ2v) is 17.2. The van der Waals surface area contributed by atoms with E-state index in [1.54, 1.807) is 0 Å². The zero-order valence-electron chi connectivity index (χ0n) is 35.6. The molecule has 0 saturated carbocycles. The van der Waals surface area contributed by atoms with E-state index in [0.29, 0.717) is 0 Å². The largest absolute Gasteiger partial charge is 0.310 e. The Kier molecular flexibility index (Phi) is 10.8. The van der Waals surface area contributed by atoms with Crippen molar-refractivity contribution in [3.63, 3.8) is 0 Å².